The Hall–Kier alpha value is -1.55. The Kier molecular flexibility index (Phi) is 1.70. The third-order valence-electron chi connectivity index (χ3n) is 2.10. The summed E-state index contributed by atoms with van der Waals surface area (Å²) in [4.78, 5) is 10.8. The van der Waals surface area contributed by atoms with Gasteiger partial charge in [0, 0.05) is 0 Å². The topological polar surface area (TPSA) is 72.6 Å². The van der Waals surface area contributed by atoms with Gasteiger partial charge in [-0.25, -0.2) is 0 Å². The van der Waals surface area contributed by atoms with E-state index in [0.29, 0.717) is 13.2 Å². The summed E-state index contributed by atoms with van der Waals surface area (Å²) in [5.74, 6) is -0.691. The fraction of sp³-hybridized carbons (Fsp3) is 0.222. The van der Waals surface area contributed by atoms with Crippen molar-refractivity contribution in [2.45, 2.75) is 13.2 Å². The molecule has 0 aliphatic carbocycles. The van der Waals surface area contributed by atoms with Crippen LogP contribution in [0.5, 0.6) is 5.75 Å². The average molecular weight is 179 g/mol. The first-order valence-corrected chi connectivity index (χ1v) is 3.91. The number of fused-ring (bicyclic) bond motifs is 1. The molecule has 0 spiro atoms. The van der Waals surface area contributed by atoms with Crippen molar-refractivity contribution in [1.29, 1.82) is 0 Å². The third kappa shape index (κ3) is 1.25. The number of primary amides is 1. The molecule has 0 fully saturated rings. The number of nitrogens with two attached hydrogens (primary N) is 1. The molecule has 0 unspecified atom stereocenters. The largest absolute Gasteiger partial charge is 0.507 e. The minimum absolute atomic E-state index is 0.0725. The van der Waals surface area contributed by atoms with Crippen LogP contribution in [0.3, 0.4) is 0 Å². The van der Waals surface area contributed by atoms with E-state index in [-0.39, 0.29) is 11.3 Å². The number of phenols is 1. The zero-order valence-electron chi connectivity index (χ0n) is 6.91. The normalized spacial score (nSPS) is 14.2. The highest BCUT2D eigenvalue weighted by atomic mass is 16.5. The zero-order chi connectivity index (χ0) is 9.42. The Balaban J connectivity index is 2.55. The molecule has 1 aliphatic rings. The number of ether oxygens (including phenoxy) is 1. The fourth-order valence-corrected chi connectivity index (χ4v) is 1.41. The minimum atomic E-state index is -0.618. The van der Waals surface area contributed by atoms with Gasteiger partial charge in [-0.2, -0.15) is 0 Å². The first kappa shape index (κ1) is 8.07. The van der Waals surface area contributed by atoms with Crippen LogP contribution in [0.4, 0.5) is 0 Å². The van der Waals surface area contributed by atoms with Crippen LogP contribution >= 0.6 is 0 Å². The summed E-state index contributed by atoms with van der Waals surface area (Å²) < 4.78 is 5.14. The predicted octanol–water partition coefficient (Wildman–Crippen LogP) is 0.521. The summed E-state index contributed by atoms with van der Waals surface area (Å²) in [5.41, 5.74) is 7.07. The number of carbonyl (C=O) groups is 1. The molecule has 0 saturated carbocycles. The summed E-state index contributed by atoms with van der Waals surface area (Å²) in [6.07, 6.45) is 0. The van der Waals surface area contributed by atoms with Gasteiger partial charge in [0.05, 0.1) is 18.8 Å². The lowest BCUT2D eigenvalue weighted by atomic mass is 10.0. The Morgan fingerprint density at radius 1 is 1.38 bits per heavy atom. The van der Waals surface area contributed by atoms with E-state index in [2.05, 4.69) is 0 Å². The van der Waals surface area contributed by atoms with Crippen molar-refractivity contribution >= 4 is 5.91 Å². The molecule has 0 atom stereocenters. The number of hydrogen-bond donors (Lipinski definition) is 2. The van der Waals surface area contributed by atoms with Crippen molar-refractivity contribution in [2.24, 2.45) is 5.73 Å². The molecule has 13 heavy (non-hydrogen) atoms. The minimum Gasteiger partial charge on any atom is -0.507 e. The average Bonchev–Trinajstić information content (AvgIpc) is 2.48. The van der Waals surface area contributed by atoms with Gasteiger partial charge < -0.3 is 15.6 Å². The Bertz CT molecular complexity index is 373. The molecule has 0 saturated heterocycles. The molecule has 4 nitrogen and oxygen atoms in total. The van der Waals surface area contributed by atoms with Crippen LogP contribution in [0.2, 0.25) is 0 Å². The number of rotatable bonds is 1. The van der Waals surface area contributed by atoms with Crippen molar-refractivity contribution in [3.63, 3.8) is 0 Å². The van der Waals surface area contributed by atoms with Crippen LogP contribution in [-0.2, 0) is 18.0 Å². The highest BCUT2D eigenvalue weighted by Crippen LogP contribution is 2.27. The van der Waals surface area contributed by atoms with Gasteiger partial charge in [-0.15, -0.1) is 0 Å². The van der Waals surface area contributed by atoms with Crippen molar-refractivity contribution in [3.8, 4) is 5.75 Å². The number of amides is 1. The monoisotopic (exact) mass is 179 g/mol. The van der Waals surface area contributed by atoms with Gasteiger partial charge in [-0.1, -0.05) is 0 Å². The summed E-state index contributed by atoms with van der Waals surface area (Å²) in [7, 11) is 0. The van der Waals surface area contributed by atoms with Crippen LogP contribution in [0.1, 0.15) is 21.5 Å². The van der Waals surface area contributed by atoms with Crippen molar-refractivity contribution < 1.29 is 14.6 Å². The van der Waals surface area contributed by atoms with E-state index in [4.69, 9.17) is 10.5 Å². The molecule has 3 N–H and O–H groups in total. The standard InChI is InChI=1S/C9H9NO3/c10-9(12)7-1-5-3-13-4-6(5)2-8(7)11/h1-2,11H,3-4H2,(H2,10,12). The number of aromatic hydroxyl groups is 1. The number of hydrogen-bond acceptors (Lipinski definition) is 3. The van der Waals surface area contributed by atoms with Crippen LogP contribution in [0, 0.1) is 0 Å². The second-order valence-corrected chi connectivity index (χ2v) is 3.00. The summed E-state index contributed by atoms with van der Waals surface area (Å²) in [5, 5.41) is 9.39. The Morgan fingerprint density at radius 2 is 2.00 bits per heavy atom. The molecule has 1 heterocycles. The van der Waals surface area contributed by atoms with E-state index in [0.717, 1.165) is 11.1 Å². The van der Waals surface area contributed by atoms with Gasteiger partial charge >= 0.3 is 0 Å². The van der Waals surface area contributed by atoms with Gasteiger partial charge in [-0.05, 0) is 23.3 Å². The van der Waals surface area contributed by atoms with Gasteiger partial charge in [-0.3, -0.25) is 4.79 Å². The molecular formula is C9H9NO3. The molecule has 0 radical (unpaired) electrons. The SMILES string of the molecule is NC(=O)c1cc2c(cc1O)COC2. The van der Waals surface area contributed by atoms with Crippen molar-refractivity contribution in [1.82, 2.24) is 0 Å². The highest BCUT2D eigenvalue weighted by molar-refractivity contribution is 5.95. The summed E-state index contributed by atoms with van der Waals surface area (Å²) >= 11 is 0. The molecule has 2 rings (SSSR count). The van der Waals surface area contributed by atoms with E-state index in [1.54, 1.807) is 6.07 Å². The smallest absolute Gasteiger partial charge is 0.252 e. The molecule has 0 aromatic heterocycles. The molecule has 1 aromatic rings. The summed E-state index contributed by atoms with van der Waals surface area (Å²) in [6, 6.07) is 3.11. The Morgan fingerprint density at radius 3 is 2.62 bits per heavy atom. The molecule has 1 aromatic carbocycles. The highest BCUT2D eigenvalue weighted by Gasteiger charge is 2.16. The Labute approximate surface area is 74.9 Å². The van der Waals surface area contributed by atoms with Crippen molar-refractivity contribution in [3.05, 3.63) is 28.8 Å². The van der Waals surface area contributed by atoms with Gasteiger partial charge in [0.1, 0.15) is 5.75 Å². The van der Waals surface area contributed by atoms with E-state index in [1.807, 2.05) is 0 Å². The van der Waals surface area contributed by atoms with Gasteiger partial charge in [0.2, 0.25) is 0 Å². The maximum Gasteiger partial charge on any atom is 0.252 e. The second kappa shape index (κ2) is 2.74. The molecule has 1 amide bonds. The predicted molar refractivity (Wildman–Crippen MR) is 45.1 cm³/mol. The van der Waals surface area contributed by atoms with E-state index in [9.17, 15) is 9.90 Å². The molecule has 0 bridgehead atoms. The van der Waals surface area contributed by atoms with Crippen molar-refractivity contribution in [2.75, 3.05) is 0 Å². The fourth-order valence-electron chi connectivity index (χ4n) is 1.41. The quantitative estimate of drug-likeness (QED) is 0.660. The third-order valence-corrected chi connectivity index (χ3v) is 2.10. The van der Waals surface area contributed by atoms with E-state index in [1.165, 1.54) is 6.07 Å². The van der Waals surface area contributed by atoms with E-state index >= 15 is 0 Å². The van der Waals surface area contributed by atoms with Gasteiger partial charge in [0.15, 0.2) is 0 Å². The molecule has 1 aliphatic heterocycles. The van der Waals surface area contributed by atoms with Crippen LogP contribution in [-0.4, -0.2) is 11.0 Å². The lowest BCUT2D eigenvalue weighted by Crippen LogP contribution is -2.11. The first-order chi connectivity index (χ1) is 6.18. The number of benzene rings is 1. The van der Waals surface area contributed by atoms with Gasteiger partial charge in [0.25, 0.3) is 5.91 Å². The molecular weight excluding hydrogens is 170 g/mol. The zero-order valence-corrected chi connectivity index (χ0v) is 6.91. The summed E-state index contributed by atoms with van der Waals surface area (Å²) in [6.45, 7) is 0.970. The first-order valence-electron chi connectivity index (χ1n) is 3.91. The lowest BCUT2D eigenvalue weighted by molar-refractivity contribution is 0.0997. The molecule has 68 valence electrons. The van der Waals surface area contributed by atoms with Crippen LogP contribution in [0.15, 0.2) is 12.1 Å². The maximum absolute atomic E-state index is 10.8. The second-order valence-electron chi connectivity index (χ2n) is 3.00. The maximum atomic E-state index is 10.8. The number of carbonyl (C=O) groups excluding carboxylic acids is 1. The van der Waals surface area contributed by atoms with E-state index < -0.39 is 5.91 Å². The van der Waals surface area contributed by atoms with Crippen LogP contribution < -0.4 is 5.73 Å². The molecule has 4 heteroatoms. The lowest BCUT2D eigenvalue weighted by Gasteiger charge is -2.02. The van der Waals surface area contributed by atoms with Crippen LogP contribution in [0.25, 0.3) is 0 Å².